The summed E-state index contributed by atoms with van der Waals surface area (Å²) < 4.78 is 0. The summed E-state index contributed by atoms with van der Waals surface area (Å²) in [6.07, 6.45) is 2.74. The van der Waals surface area contributed by atoms with E-state index in [9.17, 15) is 9.59 Å². The standard InChI is InChI=1S/C15H22N2O3S.ClH/c1-4-9-17(10-14(18)19)11(2)15(20)16-12-7-5-6-8-13(12)21-3;/h5-8,11H,4,9-10H2,1-3H3,(H,16,20)(H,18,19);1H. The Hall–Kier alpha value is -1.24. The largest absolute Gasteiger partial charge is 0.480 e. The van der Waals surface area contributed by atoms with Crippen LogP contribution in [0.2, 0.25) is 0 Å². The van der Waals surface area contributed by atoms with Crippen molar-refractivity contribution in [3.8, 4) is 0 Å². The van der Waals surface area contributed by atoms with Crippen LogP contribution < -0.4 is 5.32 Å². The van der Waals surface area contributed by atoms with Crippen LogP contribution in [0.5, 0.6) is 0 Å². The van der Waals surface area contributed by atoms with Crippen molar-refractivity contribution in [2.24, 2.45) is 0 Å². The Kier molecular flexibility index (Phi) is 9.89. The smallest absolute Gasteiger partial charge is 0.317 e. The fourth-order valence-corrected chi connectivity index (χ4v) is 2.58. The second-order valence-corrected chi connectivity index (χ2v) is 5.58. The third kappa shape index (κ3) is 6.25. The van der Waals surface area contributed by atoms with Crippen LogP contribution in [0.4, 0.5) is 5.69 Å². The lowest BCUT2D eigenvalue weighted by Crippen LogP contribution is -2.45. The zero-order valence-electron chi connectivity index (χ0n) is 13.0. The molecular formula is C15H23ClN2O3S. The van der Waals surface area contributed by atoms with E-state index in [0.717, 1.165) is 17.0 Å². The number of carbonyl (C=O) groups is 2. The van der Waals surface area contributed by atoms with Gasteiger partial charge in [-0.3, -0.25) is 14.5 Å². The molecule has 0 bridgehead atoms. The molecule has 0 heterocycles. The number of nitrogens with one attached hydrogen (secondary N) is 1. The first-order chi connectivity index (χ1) is 9.99. The number of halogens is 1. The first-order valence-corrected chi connectivity index (χ1v) is 8.11. The van der Waals surface area contributed by atoms with E-state index in [-0.39, 0.29) is 24.9 Å². The van der Waals surface area contributed by atoms with Crippen molar-refractivity contribution in [2.75, 3.05) is 24.7 Å². The van der Waals surface area contributed by atoms with Crippen molar-refractivity contribution in [1.29, 1.82) is 0 Å². The summed E-state index contributed by atoms with van der Waals surface area (Å²) in [5.74, 6) is -1.11. The Labute approximate surface area is 141 Å². The van der Waals surface area contributed by atoms with Crippen LogP contribution in [0, 0.1) is 0 Å². The second kappa shape index (κ2) is 10.5. The van der Waals surface area contributed by atoms with Crippen LogP contribution in [-0.2, 0) is 9.59 Å². The third-order valence-electron chi connectivity index (χ3n) is 3.14. The number of hydrogen-bond donors (Lipinski definition) is 2. The van der Waals surface area contributed by atoms with E-state index >= 15 is 0 Å². The molecule has 22 heavy (non-hydrogen) atoms. The van der Waals surface area contributed by atoms with Crippen LogP contribution in [-0.4, -0.2) is 47.3 Å². The number of para-hydroxylation sites is 1. The highest BCUT2D eigenvalue weighted by molar-refractivity contribution is 7.98. The molecule has 1 aromatic rings. The van der Waals surface area contributed by atoms with Crippen molar-refractivity contribution in [2.45, 2.75) is 31.2 Å². The van der Waals surface area contributed by atoms with Gasteiger partial charge in [0.15, 0.2) is 0 Å². The van der Waals surface area contributed by atoms with E-state index in [0.29, 0.717) is 6.54 Å². The summed E-state index contributed by atoms with van der Waals surface area (Å²) in [5, 5.41) is 11.8. The first kappa shape index (κ1) is 20.8. The number of aliphatic carboxylic acids is 1. The molecular weight excluding hydrogens is 324 g/mol. The Morgan fingerprint density at radius 3 is 2.55 bits per heavy atom. The van der Waals surface area contributed by atoms with Crippen molar-refractivity contribution >= 4 is 41.7 Å². The molecule has 1 amide bonds. The third-order valence-corrected chi connectivity index (χ3v) is 3.94. The number of amides is 1. The number of nitrogens with zero attached hydrogens (tertiary/aromatic N) is 1. The summed E-state index contributed by atoms with van der Waals surface area (Å²) in [7, 11) is 0. The maximum atomic E-state index is 12.3. The van der Waals surface area contributed by atoms with E-state index in [4.69, 9.17) is 5.11 Å². The Bertz CT molecular complexity index is 499. The maximum Gasteiger partial charge on any atom is 0.317 e. The molecule has 0 saturated heterocycles. The number of carboxylic acid groups (broad SMARTS) is 1. The van der Waals surface area contributed by atoms with Gasteiger partial charge in [-0.15, -0.1) is 24.2 Å². The number of hydrogen-bond acceptors (Lipinski definition) is 4. The Morgan fingerprint density at radius 1 is 1.36 bits per heavy atom. The highest BCUT2D eigenvalue weighted by Gasteiger charge is 2.23. The minimum absolute atomic E-state index is 0. The van der Waals surface area contributed by atoms with Crippen LogP contribution >= 0.6 is 24.2 Å². The molecule has 1 unspecified atom stereocenters. The highest BCUT2D eigenvalue weighted by atomic mass is 35.5. The van der Waals surface area contributed by atoms with Crippen LogP contribution in [0.15, 0.2) is 29.2 Å². The number of carboxylic acids is 1. The zero-order valence-corrected chi connectivity index (χ0v) is 14.7. The molecule has 0 aliphatic rings. The number of rotatable bonds is 8. The molecule has 0 saturated carbocycles. The van der Waals surface area contributed by atoms with Gasteiger partial charge in [-0.25, -0.2) is 0 Å². The molecule has 7 heteroatoms. The van der Waals surface area contributed by atoms with Gasteiger partial charge in [-0.05, 0) is 38.3 Å². The second-order valence-electron chi connectivity index (χ2n) is 4.73. The van der Waals surface area contributed by atoms with Gasteiger partial charge in [0, 0.05) is 4.90 Å². The average Bonchev–Trinajstić information content (AvgIpc) is 2.46. The first-order valence-electron chi connectivity index (χ1n) is 6.89. The quantitative estimate of drug-likeness (QED) is 0.708. The lowest BCUT2D eigenvalue weighted by molar-refractivity contribution is -0.139. The van der Waals surface area contributed by atoms with Crippen molar-refractivity contribution in [3.05, 3.63) is 24.3 Å². The van der Waals surface area contributed by atoms with E-state index in [1.807, 2.05) is 37.4 Å². The number of carbonyl (C=O) groups excluding carboxylic acids is 1. The topological polar surface area (TPSA) is 69.6 Å². The maximum absolute atomic E-state index is 12.3. The molecule has 0 aromatic heterocycles. The normalized spacial score (nSPS) is 11.6. The molecule has 0 fully saturated rings. The summed E-state index contributed by atoms with van der Waals surface area (Å²) in [5.41, 5.74) is 0.758. The summed E-state index contributed by atoms with van der Waals surface area (Å²) in [6.45, 7) is 4.13. The molecule has 5 nitrogen and oxygen atoms in total. The van der Waals surface area contributed by atoms with E-state index in [1.165, 1.54) is 0 Å². The fraction of sp³-hybridized carbons (Fsp3) is 0.467. The molecule has 1 atom stereocenters. The molecule has 2 N–H and O–H groups in total. The van der Waals surface area contributed by atoms with E-state index in [2.05, 4.69) is 5.32 Å². The number of anilines is 1. The van der Waals surface area contributed by atoms with Gasteiger partial charge >= 0.3 is 5.97 Å². The van der Waals surface area contributed by atoms with Gasteiger partial charge in [0.25, 0.3) is 0 Å². The highest BCUT2D eigenvalue weighted by Crippen LogP contribution is 2.24. The Morgan fingerprint density at radius 2 is 2.00 bits per heavy atom. The van der Waals surface area contributed by atoms with Gasteiger partial charge in [0.05, 0.1) is 18.3 Å². The van der Waals surface area contributed by atoms with Crippen molar-refractivity contribution in [1.82, 2.24) is 4.90 Å². The van der Waals surface area contributed by atoms with E-state index in [1.54, 1.807) is 23.6 Å². The molecule has 1 aromatic carbocycles. The minimum Gasteiger partial charge on any atom is -0.480 e. The fourth-order valence-electron chi connectivity index (χ4n) is 2.02. The molecule has 0 aliphatic heterocycles. The number of benzene rings is 1. The predicted octanol–water partition coefficient (Wildman–Crippen LogP) is 2.95. The lowest BCUT2D eigenvalue weighted by atomic mass is 10.2. The predicted molar refractivity (Wildman–Crippen MR) is 93.1 cm³/mol. The van der Waals surface area contributed by atoms with Gasteiger partial charge < -0.3 is 10.4 Å². The van der Waals surface area contributed by atoms with Crippen LogP contribution in [0.3, 0.4) is 0 Å². The van der Waals surface area contributed by atoms with Gasteiger partial charge in [0.1, 0.15) is 0 Å². The molecule has 124 valence electrons. The van der Waals surface area contributed by atoms with Gasteiger partial charge in [-0.2, -0.15) is 0 Å². The van der Waals surface area contributed by atoms with Gasteiger partial charge in [0.2, 0.25) is 5.91 Å². The van der Waals surface area contributed by atoms with Crippen molar-refractivity contribution < 1.29 is 14.7 Å². The molecule has 0 radical (unpaired) electrons. The molecule has 0 aliphatic carbocycles. The molecule has 1 rings (SSSR count). The summed E-state index contributed by atoms with van der Waals surface area (Å²) >= 11 is 1.56. The van der Waals surface area contributed by atoms with E-state index < -0.39 is 12.0 Å². The minimum atomic E-state index is -0.924. The summed E-state index contributed by atoms with van der Waals surface area (Å²) in [6, 6.07) is 7.07. The average molecular weight is 347 g/mol. The SMILES string of the molecule is CCCN(CC(=O)O)C(C)C(=O)Nc1ccccc1SC.Cl. The van der Waals surface area contributed by atoms with Crippen LogP contribution in [0.1, 0.15) is 20.3 Å². The van der Waals surface area contributed by atoms with Gasteiger partial charge in [-0.1, -0.05) is 19.1 Å². The zero-order chi connectivity index (χ0) is 15.8. The molecule has 0 spiro atoms. The summed E-state index contributed by atoms with van der Waals surface area (Å²) in [4.78, 5) is 25.9. The number of thioether (sulfide) groups is 1. The van der Waals surface area contributed by atoms with Crippen molar-refractivity contribution in [3.63, 3.8) is 0 Å². The van der Waals surface area contributed by atoms with Crippen LogP contribution in [0.25, 0.3) is 0 Å². The Balaban J connectivity index is 0.00000441. The lowest BCUT2D eigenvalue weighted by Gasteiger charge is -2.26. The monoisotopic (exact) mass is 346 g/mol.